The summed E-state index contributed by atoms with van der Waals surface area (Å²) in [6.45, 7) is -0.649. The third-order valence-electron chi connectivity index (χ3n) is 3.76. The highest BCUT2D eigenvalue weighted by molar-refractivity contribution is 7.93. The van der Waals surface area contributed by atoms with Gasteiger partial charge in [-0.05, 0) is 35.9 Å². The maximum Gasteiger partial charge on any atom is 0.240 e. The summed E-state index contributed by atoms with van der Waals surface area (Å²) < 4.78 is 59.0. The molecule has 0 spiro atoms. The maximum atomic E-state index is 13.5. The van der Waals surface area contributed by atoms with E-state index in [9.17, 15) is 22.3 Å². The molecule has 1 aliphatic rings. The highest BCUT2D eigenvalue weighted by Gasteiger charge is 2.25. The Morgan fingerprint density at radius 1 is 1.23 bits per heavy atom. The lowest BCUT2D eigenvalue weighted by atomic mass is 10.1. The van der Waals surface area contributed by atoms with Crippen molar-refractivity contribution in [3.63, 3.8) is 0 Å². The van der Waals surface area contributed by atoms with Gasteiger partial charge in [0.2, 0.25) is 10.0 Å². The molecule has 1 atom stereocenters. The van der Waals surface area contributed by atoms with Crippen LogP contribution in [0.4, 0.5) is 8.78 Å². The van der Waals surface area contributed by atoms with E-state index < -0.39 is 27.8 Å². The first-order valence-corrected chi connectivity index (χ1v) is 9.38. The van der Waals surface area contributed by atoms with E-state index in [4.69, 9.17) is 16.3 Å². The van der Waals surface area contributed by atoms with Gasteiger partial charge in [-0.1, -0.05) is 23.7 Å². The van der Waals surface area contributed by atoms with Crippen LogP contribution in [-0.2, 0) is 10.0 Å². The van der Waals surface area contributed by atoms with Gasteiger partial charge in [-0.3, -0.25) is 0 Å². The van der Waals surface area contributed by atoms with E-state index in [1.54, 1.807) is 0 Å². The first kappa shape index (κ1) is 18.8. The Bertz CT molecular complexity index is 979. The van der Waals surface area contributed by atoms with Gasteiger partial charge in [0.05, 0.1) is 16.0 Å². The van der Waals surface area contributed by atoms with Crippen molar-refractivity contribution in [3.8, 4) is 5.75 Å². The zero-order valence-electron chi connectivity index (χ0n) is 13.2. The minimum atomic E-state index is -4.00. The van der Waals surface area contributed by atoms with Gasteiger partial charge in [0.15, 0.2) is 0 Å². The molecular weight excluding hydrogens is 388 g/mol. The van der Waals surface area contributed by atoms with Crippen LogP contribution in [-0.4, -0.2) is 26.7 Å². The first-order valence-electron chi connectivity index (χ1n) is 7.52. The van der Waals surface area contributed by atoms with Crippen molar-refractivity contribution >= 4 is 27.7 Å². The average Bonchev–Trinajstić information content (AvgIpc) is 2.59. The summed E-state index contributed by atoms with van der Waals surface area (Å²) >= 11 is 5.87. The normalized spacial score (nSPS) is 15.0. The third kappa shape index (κ3) is 4.04. The van der Waals surface area contributed by atoms with Gasteiger partial charge >= 0.3 is 0 Å². The van der Waals surface area contributed by atoms with Crippen LogP contribution in [0.25, 0.3) is 6.08 Å². The predicted molar refractivity (Wildman–Crippen MR) is 93.2 cm³/mol. The summed E-state index contributed by atoms with van der Waals surface area (Å²) in [5, 5.41) is 10.1. The molecule has 0 radical (unpaired) electrons. The summed E-state index contributed by atoms with van der Waals surface area (Å²) in [7, 11) is -4.00. The molecule has 0 aromatic heterocycles. The molecule has 0 aliphatic carbocycles. The van der Waals surface area contributed by atoms with Gasteiger partial charge in [0, 0.05) is 12.1 Å². The lowest BCUT2D eigenvalue weighted by Gasteiger charge is -2.20. The van der Waals surface area contributed by atoms with Crippen molar-refractivity contribution in [2.24, 2.45) is 0 Å². The fourth-order valence-electron chi connectivity index (χ4n) is 2.47. The Morgan fingerprint density at radius 2 is 2.00 bits per heavy atom. The predicted octanol–water partition coefficient (Wildman–Crippen LogP) is 3.00. The Kier molecular flexibility index (Phi) is 5.29. The van der Waals surface area contributed by atoms with Gasteiger partial charge in [-0.15, -0.1) is 0 Å². The largest absolute Gasteiger partial charge is 0.486 e. The van der Waals surface area contributed by atoms with Gasteiger partial charge in [0.25, 0.3) is 0 Å². The van der Waals surface area contributed by atoms with Crippen molar-refractivity contribution in [2.75, 3.05) is 13.2 Å². The number of hydrogen-bond acceptors (Lipinski definition) is 4. The molecule has 2 aromatic carbocycles. The van der Waals surface area contributed by atoms with Gasteiger partial charge in [-0.2, -0.15) is 0 Å². The van der Waals surface area contributed by atoms with Crippen LogP contribution < -0.4 is 9.46 Å². The molecule has 2 N–H and O–H groups in total. The van der Waals surface area contributed by atoms with Crippen LogP contribution in [0, 0.1) is 11.6 Å². The quantitative estimate of drug-likeness (QED) is 0.807. The monoisotopic (exact) mass is 401 g/mol. The lowest BCUT2D eigenvalue weighted by Crippen LogP contribution is -2.32. The van der Waals surface area contributed by atoms with E-state index in [-0.39, 0.29) is 40.0 Å². The summed E-state index contributed by atoms with van der Waals surface area (Å²) in [5.41, 5.74) is 0.438. The summed E-state index contributed by atoms with van der Waals surface area (Å²) in [5.74, 6) is -0.961. The third-order valence-corrected chi connectivity index (χ3v) is 5.51. The number of aliphatic hydroxyl groups is 1. The van der Waals surface area contributed by atoms with E-state index in [1.807, 2.05) is 0 Å². The molecule has 0 saturated carbocycles. The minimum absolute atomic E-state index is 0.0437. The Morgan fingerprint density at radius 3 is 2.73 bits per heavy atom. The van der Waals surface area contributed by atoms with E-state index in [1.165, 1.54) is 24.3 Å². The molecule has 2 aromatic rings. The van der Waals surface area contributed by atoms with Crippen LogP contribution in [0.3, 0.4) is 0 Å². The standard InChI is InChI=1S/C17H14ClF2NO4S/c18-15-7-13(20)5-11-6-14(9-25-17(11)15)26(23,24)21-8-16(22)10-2-1-3-12(19)4-10/h1-7,16,21-22H,8-9H2. The second-order valence-corrected chi connectivity index (χ2v) is 7.86. The molecule has 26 heavy (non-hydrogen) atoms. The van der Waals surface area contributed by atoms with Crippen LogP contribution in [0.15, 0.2) is 41.3 Å². The number of sulfonamides is 1. The SMILES string of the molecule is O=S(=O)(NCC(O)c1cccc(F)c1)C1=Cc2cc(F)cc(Cl)c2OC1. The van der Waals surface area contributed by atoms with E-state index in [2.05, 4.69) is 4.72 Å². The zero-order valence-corrected chi connectivity index (χ0v) is 14.8. The second-order valence-electron chi connectivity index (χ2n) is 5.63. The molecule has 1 aliphatic heterocycles. The fraction of sp³-hybridized carbons (Fsp3) is 0.176. The van der Waals surface area contributed by atoms with Crippen molar-refractivity contribution < 1.29 is 27.0 Å². The summed E-state index contributed by atoms with van der Waals surface area (Å²) in [6, 6.07) is 7.40. The average molecular weight is 402 g/mol. The van der Waals surface area contributed by atoms with Crippen LogP contribution >= 0.6 is 11.6 Å². The molecule has 0 amide bonds. The summed E-state index contributed by atoms with van der Waals surface area (Å²) in [6.07, 6.45) is 0.0230. The van der Waals surface area contributed by atoms with E-state index in [0.29, 0.717) is 0 Å². The molecular formula is C17H14ClF2NO4S. The van der Waals surface area contributed by atoms with E-state index >= 15 is 0 Å². The van der Waals surface area contributed by atoms with Gasteiger partial charge < -0.3 is 9.84 Å². The van der Waals surface area contributed by atoms with Crippen molar-refractivity contribution in [1.29, 1.82) is 0 Å². The Balaban J connectivity index is 1.77. The molecule has 1 heterocycles. The number of hydrogen-bond donors (Lipinski definition) is 2. The van der Waals surface area contributed by atoms with Gasteiger partial charge in [-0.25, -0.2) is 21.9 Å². The first-order chi connectivity index (χ1) is 12.3. The molecule has 1 unspecified atom stereocenters. The minimum Gasteiger partial charge on any atom is -0.486 e. The summed E-state index contributed by atoms with van der Waals surface area (Å²) in [4.78, 5) is -0.141. The molecule has 138 valence electrons. The number of rotatable bonds is 5. The molecule has 5 nitrogen and oxygen atoms in total. The Hall–Kier alpha value is -2.00. The van der Waals surface area contributed by atoms with Crippen molar-refractivity contribution in [2.45, 2.75) is 6.10 Å². The van der Waals surface area contributed by atoms with Crippen LogP contribution in [0.1, 0.15) is 17.2 Å². The zero-order chi connectivity index (χ0) is 18.9. The molecule has 9 heteroatoms. The number of ether oxygens (including phenoxy) is 1. The number of nitrogens with one attached hydrogen (secondary N) is 1. The Labute approximate surface area is 153 Å². The number of halogens is 3. The van der Waals surface area contributed by atoms with Crippen LogP contribution in [0.5, 0.6) is 5.75 Å². The number of benzene rings is 2. The topological polar surface area (TPSA) is 75.6 Å². The molecule has 3 rings (SSSR count). The van der Waals surface area contributed by atoms with Gasteiger partial charge in [0.1, 0.15) is 24.0 Å². The van der Waals surface area contributed by atoms with Crippen molar-refractivity contribution in [3.05, 3.63) is 69.1 Å². The molecule has 0 saturated heterocycles. The van der Waals surface area contributed by atoms with Crippen molar-refractivity contribution in [1.82, 2.24) is 4.72 Å². The molecule has 0 bridgehead atoms. The second kappa shape index (κ2) is 7.32. The molecule has 0 fully saturated rings. The fourth-order valence-corrected chi connectivity index (χ4v) is 3.79. The highest BCUT2D eigenvalue weighted by Crippen LogP contribution is 2.35. The lowest BCUT2D eigenvalue weighted by molar-refractivity contribution is 0.181. The van der Waals surface area contributed by atoms with E-state index in [0.717, 1.165) is 18.2 Å². The maximum absolute atomic E-state index is 13.5. The van der Waals surface area contributed by atoms with Crippen LogP contribution in [0.2, 0.25) is 5.02 Å². The number of aliphatic hydroxyl groups excluding tert-OH is 1. The highest BCUT2D eigenvalue weighted by atomic mass is 35.5. The number of fused-ring (bicyclic) bond motifs is 1. The smallest absolute Gasteiger partial charge is 0.240 e.